The van der Waals surface area contributed by atoms with E-state index < -0.39 is 47.3 Å². The maximum absolute atomic E-state index is 14.8. The molecule has 2 aliphatic rings. The Kier molecular flexibility index (Phi) is 7.32. The molecule has 0 radical (unpaired) electrons. The van der Waals surface area contributed by atoms with Gasteiger partial charge in [-0.05, 0) is 85.8 Å². The number of halogens is 6. The molecule has 7 heteroatoms. The molecule has 2 fully saturated rings. The van der Waals surface area contributed by atoms with Crippen LogP contribution >= 0.6 is 0 Å². The van der Waals surface area contributed by atoms with E-state index in [1.54, 1.807) is 0 Å². The number of benzene rings is 2. The second kappa shape index (κ2) is 9.92. The van der Waals surface area contributed by atoms with Gasteiger partial charge >= 0.3 is 0 Å². The highest BCUT2D eigenvalue weighted by Crippen LogP contribution is 2.42. The van der Waals surface area contributed by atoms with Gasteiger partial charge in [0.1, 0.15) is 23.3 Å². The zero-order chi connectivity index (χ0) is 24.6. The first-order valence-electron chi connectivity index (χ1n) is 12.0. The SMILES string of the molecule is Cc1c(F)cc(CC(F)(F)c2c(F)cc(C3CCC(C4CCC(C)CC4)CO3)cc2F)cc1F. The molecule has 1 heterocycles. The minimum Gasteiger partial charge on any atom is -0.373 e. The molecular formula is C27H30F6O. The van der Waals surface area contributed by atoms with Gasteiger partial charge in [-0.1, -0.05) is 19.8 Å². The molecule has 0 amide bonds. The lowest BCUT2D eigenvalue weighted by molar-refractivity contribution is -0.0406. The van der Waals surface area contributed by atoms with E-state index in [0.717, 1.165) is 36.6 Å². The van der Waals surface area contributed by atoms with E-state index in [9.17, 15) is 26.3 Å². The monoisotopic (exact) mass is 484 g/mol. The van der Waals surface area contributed by atoms with Gasteiger partial charge in [0.2, 0.25) is 0 Å². The summed E-state index contributed by atoms with van der Waals surface area (Å²) in [5.74, 6) is -6.98. The van der Waals surface area contributed by atoms with Crippen LogP contribution in [0.15, 0.2) is 24.3 Å². The molecule has 2 aromatic carbocycles. The van der Waals surface area contributed by atoms with E-state index in [4.69, 9.17) is 4.74 Å². The van der Waals surface area contributed by atoms with Crippen LogP contribution < -0.4 is 0 Å². The number of hydrogen-bond donors (Lipinski definition) is 0. The Morgan fingerprint density at radius 1 is 0.794 bits per heavy atom. The summed E-state index contributed by atoms with van der Waals surface area (Å²) in [5, 5.41) is 0. The highest BCUT2D eigenvalue weighted by Gasteiger charge is 2.39. The zero-order valence-corrected chi connectivity index (χ0v) is 19.5. The third-order valence-electron chi connectivity index (χ3n) is 7.61. The molecule has 0 N–H and O–H groups in total. The summed E-state index contributed by atoms with van der Waals surface area (Å²) in [7, 11) is 0. The molecule has 2 aromatic rings. The summed E-state index contributed by atoms with van der Waals surface area (Å²) >= 11 is 0. The molecule has 34 heavy (non-hydrogen) atoms. The Morgan fingerprint density at radius 3 is 1.88 bits per heavy atom. The topological polar surface area (TPSA) is 9.23 Å². The van der Waals surface area contributed by atoms with E-state index in [2.05, 4.69) is 6.92 Å². The van der Waals surface area contributed by atoms with Crippen LogP contribution in [0.2, 0.25) is 0 Å². The molecular weight excluding hydrogens is 454 g/mol. The highest BCUT2D eigenvalue weighted by molar-refractivity contribution is 5.33. The summed E-state index contributed by atoms with van der Waals surface area (Å²) in [6, 6.07) is 3.32. The number of rotatable bonds is 5. The summed E-state index contributed by atoms with van der Waals surface area (Å²) < 4.78 is 92.6. The Labute approximate surface area is 196 Å². The smallest absolute Gasteiger partial charge is 0.282 e. The van der Waals surface area contributed by atoms with Crippen LogP contribution in [0, 0.1) is 47.9 Å². The molecule has 1 aliphatic heterocycles. The van der Waals surface area contributed by atoms with Crippen LogP contribution in [0.25, 0.3) is 0 Å². The number of ether oxygens (including phenoxy) is 1. The van der Waals surface area contributed by atoms with Crippen molar-refractivity contribution >= 4 is 0 Å². The minimum absolute atomic E-state index is 0.192. The molecule has 2 atom stereocenters. The molecule has 1 aliphatic carbocycles. The Bertz CT molecular complexity index is 974. The number of hydrogen-bond acceptors (Lipinski definition) is 1. The fourth-order valence-corrected chi connectivity index (χ4v) is 5.44. The van der Waals surface area contributed by atoms with Crippen LogP contribution in [0.1, 0.15) is 73.8 Å². The molecule has 2 unspecified atom stereocenters. The summed E-state index contributed by atoms with van der Waals surface area (Å²) in [6.45, 7) is 3.93. The van der Waals surface area contributed by atoms with Gasteiger partial charge < -0.3 is 4.74 Å². The number of alkyl halides is 2. The lowest BCUT2D eigenvalue weighted by atomic mass is 9.74. The normalized spacial score (nSPS) is 26.0. The summed E-state index contributed by atoms with van der Waals surface area (Å²) in [5.41, 5.74) is -1.89. The van der Waals surface area contributed by atoms with Crippen molar-refractivity contribution in [1.29, 1.82) is 0 Å². The molecule has 1 saturated carbocycles. The van der Waals surface area contributed by atoms with E-state index in [0.29, 0.717) is 24.9 Å². The fraction of sp³-hybridized carbons (Fsp3) is 0.556. The Morgan fingerprint density at radius 2 is 1.35 bits per heavy atom. The first-order valence-corrected chi connectivity index (χ1v) is 12.0. The van der Waals surface area contributed by atoms with Gasteiger partial charge in [-0.3, -0.25) is 0 Å². The van der Waals surface area contributed by atoms with Crippen molar-refractivity contribution in [3.63, 3.8) is 0 Å². The van der Waals surface area contributed by atoms with Crippen molar-refractivity contribution in [2.75, 3.05) is 6.61 Å². The lowest BCUT2D eigenvalue weighted by Gasteiger charge is -2.37. The van der Waals surface area contributed by atoms with Crippen LogP contribution in [0.5, 0.6) is 0 Å². The van der Waals surface area contributed by atoms with Crippen molar-refractivity contribution in [3.05, 3.63) is 69.8 Å². The lowest BCUT2D eigenvalue weighted by Crippen LogP contribution is -2.29. The van der Waals surface area contributed by atoms with Crippen molar-refractivity contribution in [2.45, 2.75) is 70.8 Å². The molecule has 1 saturated heterocycles. The predicted octanol–water partition coefficient (Wildman–Crippen LogP) is 8.18. The summed E-state index contributed by atoms with van der Waals surface area (Å²) in [4.78, 5) is 0. The van der Waals surface area contributed by atoms with Crippen LogP contribution in [0.4, 0.5) is 26.3 Å². The van der Waals surface area contributed by atoms with Gasteiger partial charge in [-0.25, -0.2) is 26.3 Å². The van der Waals surface area contributed by atoms with Gasteiger partial charge in [0, 0.05) is 12.0 Å². The van der Waals surface area contributed by atoms with E-state index >= 15 is 0 Å². The van der Waals surface area contributed by atoms with E-state index in [1.807, 2.05) is 0 Å². The first-order chi connectivity index (χ1) is 16.0. The van der Waals surface area contributed by atoms with Crippen molar-refractivity contribution in [3.8, 4) is 0 Å². The van der Waals surface area contributed by atoms with Gasteiger partial charge in [0.25, 0.3) is 5.92 Å². The third-order valence-corrected chi connectivity index (χ3v) is 7.61. The van der Waals surface area contributed by atoms with Crippen molar-refractivity contribution < 1.29 is 31.1 Å². The van der Waals surface area contributed by atoms with Crippen LogP contribution in [0.3, 0.4) is 0 Å². The summed E-state index contributed by atoms with van der Waals surface area (Å²) in [6.07, 6.45) is 4.42. The predicted molar refractivity (Wildman–Crippen MR) is 118 cm³/mol. The van der Waals surface area contributed by atoms with Gasteiger partial charge in [0.05, 0.1) is 18.3 Å². The molecule has 1 nitrogen and oxygen atoms in total. The van der Waals surface area contributed by atoms with Crippen molar-refractivity contribution in [2.24, 2.45) is 17.8 Å². The minimum atomic E-state index is -3.99. The first kappa shape index (κ1) is 25.1. The average Bonchev–Trinajstić information content (AvgIpc) is 2.77. The molecule has 0 aromatic heterocycles. The largest absolute Gasteiger partial charge is 0.373 e. The van der Waals surface area contributed by atoms with Gasteiger partial charge in [-0.2, -0.15) is 0 Å². The maximum Gasteiger partial charge on any atom is 0.282 e. The standard InChI is InChI=1S/C27H30F6O/c1-15-3-5-18(6-4-15)19-7-8-25(34-14-19)20-11-23(30)26(24(31)12-20)27(32,33)13-17-9-21(28)16(2)22(29)10-17/h9-12,15,18-19,25H,3-8,13-14H2,1-2H3. The van der Waals surface area contributed by atoms with E-state index in [-0.39, 0.29) is 16.7 Å². The highest BCUT2D eigenvalue weighted by atomic mass is 19.3. The average molecular weight is 485 g/mol. The maximum atomic E-state index is 14.8. The Hall–Kier alpha value is -2.02. The second-order valence-electron chi connectivity index (χ2n) is 10.1. The molecule has 186 valence electrons. The Balaban J connectivity index is 1.47. The van der Waals surface area contributed by atoms with Crippen LogP contribution in [-0.2, 0) is 17.1 Å². The second-order valence-corrected chi connectivity index (χ2v) is 10.1. The zero-order valence-electron chi connectivity index (χ0n) is 19.5. The molecule has 0 bridgehead atoms. The molecule has 4 rings (SSSR count). The van der Waals surface area contributed by atoms with Crippen molar-refractivity contribution in [1.82, 2.24) is 0 Å². The fourth-order valence-electron chi connectivity index (χ4n) is 5.44. The van der Waals surface area contributed by atoms with Gasteiger partial charge in [0.15, 0.2) is 0 Å². The third kappa shape index (κ3) is 5.29. The van der Waals surface area contributed by atoms with Gasteiger partial charge in [-0.15, -0.1) is 0 Å². The van der Waals surface area contributed by atoms with Crippen LogP contribution in [-0.4, -0.2) is 6.61 Å². The van der Waals surface area contributed by atoms with E-state index in [1.165, 1.54) is 32.6 Å². The quantitative estimate of drug-likeness (QED) is 0.389. The molecule has 0 spiro atoms.